The summed E-state index contributed by atoms with van der Waals surface area (Å²) in [6, 6.07) is 32.7. The van der Waals surface area contributed by atoms with E-state index < -0.39 is 0 Å². The second-order valence-corrected chi connectivity index (χ2v) is 8.76. The van der Waals surface area contributed by atoms with Crippen molar-refractivity contribution in [2.75, 3.05) is 6.61 Å². The summed E-state index contributed by atoms with van der Waals surface area (Å²) in [4.78, 5) is 13.7. The minimum absolute atomic E-state index is 0.311. The minimum atomic E-state index is -0.311. The maximum Gasteiger partial charge on any atom is 0.345 e. The number of carbonyl (C=O) groups excluding carboxylic acids is 1. The minimum Gasteiger partial charge on any atom is -0.462 e. The molecule has 4 aromatic carbocycles. The third-order valence-corrected chi connectivity index (χ3v) is 6.58. The van der Waals surface area contributed by atoms with Gasteiger partial charge < -0.3 is 4.74 Å². The maximum atomic E-state index is 13.7. The molecule has 0 aliphatic carbocycles. The van der Waals surface area contributed by atoms with E-state index in [9.17, 15) is 4.79 Å². The van der Waals surface area contributed by atoms with Crippen LogP contribution in [0.5, 0.6) is 0 Å². The van der Waals surface area contributed by atoms with Crippen molar-refractivity contribution in [2.24, 2.45) is 0 Å². The van der Waals surface area contributed by atoms with E-state index in [-0.39, 0.29) is 5.97 Å². The van der Waals surface area contributed by atoms with Crippen LogP contribution in [0.1, 0.15) is 30.1 Å². The fourth-order valence-corrected chi connectivity index (χ4v) is 4.91. The van der Waals surface area contributed by atoms with Gasteiger partial charge in [-0.25, -0.2) is 4.79 Å². The first kappa shape index (κ1) is 21.2. The molecule has 0 spiro atoms. The van der Waals surface area contributed by atoms with Crippen LogP contribution >= 0.6 is 0 Å². The van der Waals surface area contributed by atoms with Gasteiger partial charge in [0.15, 0.2) is 0 Å². The highest BCUT2D eigenvalue weighted by Crippen LogP contribution is 2.34. The second kappa shape index (κ2) is 8.80. The molecule has 6 aromatic rings. The summed E-state index contributed by atoms with van der Waals surface area (Å²) in [5, 5.41) is 9.14. The Balaban J connectivity index is 1.81. The largest absolute Gasteiger partial charge is 0.462 e. The molecule has 0 saturated carbocycles. The Morgan fingerprint density at radius 2 is 1.46 bits per heavy atom. The van der Waals surface area contributed by atoms with E-state index in [1.807, 2.05) is 59.1 Å². The maximum absolute atomic E-state index is 13.7. The van der Waals surface area contributed by atoms with Crippen molar-refractivity contribution in [1.29, 1.82) is 0 Å². The Bertz CT molecular complexity index is 1730. The summed E-state index contributed by atoms with van der Waals surface area (Å²) >= 11 is 0. The molecule has 6 rings (SSSR count). The number of pyridine rings is 1. The molecule has 0 aliphatic heterocycles. The number of esters is 1. The van der Waals surface area contributed by atoms with Crippen molar-refractivity contribution in [3.05, 3.63) is 103 Å². The molecule has 0 atom stereocenters. The molecule has 0 radical (unpaired) electrons. The van der Waals surface area contributed by atoms with Crippen LogP contribution in [-0.4, -0.2) is 17.7 Å². The van der Waals surface area contributed by atoms with Crippen LogP contribution in [0.3, 0.4) is 0 Å². The van der Waals surface area contributed by atoms with Gasteiger partial charge in [0.25, 0.3) is 5.52 Å². The molecule has 170 valence electrons. The van der Waals surface area contributed by atoms with Crippen molar-refractivity contribution in [3.8, 4) is 11.1 Å². The standard InChI is InChI=1S/C31H25N2O2/c1-2-3-20-35-31(34)28-26-18-11-17-22(21-12-5-4-6-13-21)29(26)32-33-27-19-10-9-15-24(27)23-14-7-8-16-25(23)30(28)33/h4-19H,2-3,20H2,1H3/q+1. The first-order valence-corrected chi connectivity index (χ1v) is 12.1. The number of fused-ring (bicyclic) bond motifs is 7. The van der Waals surface area contributed by atoms with Gasteiger partial charge in [0.05, 0.1) is 17.4 Å². The Labute approximate surface area is 203 Å². The summed E-state index contributed by atoms with van der Waals surface area (Å²) in [6.45, 7) is 2.49. The number of nitrogens with zero attached hydrogens (tertiary/aromatic N) is 2. The van der Waals surface area contributed by atoms with Gasteiger partial charge in [-0.15, -0.1) is 0 Å². The molecular weight excluding hydrogens is 432 g/mol. The molecule has 0 fully saturated rings. The van der Waals surface area contributed by atoms with E-state index in [1.165, 1.54) is 0 Å². The molecule has 0 unspecified atom stereocenters. The number of unbranched alkanes of at least 4 members (excludes halogenated alkanes) is 1. The molecule has 2 aromatic heterocycles. The van der Waals surface area contributed by atoms with Crippen LogP contribution in [0, 0.1) is 0 Å². The molecule has 0 saturated heterocycles. The number of para-hydroxylation sites is 1. The highest BCUT2D eigenvalue weighted by atomic mass is 16.5. The number of benzene rings is 4. The summed E-state index contributed by atoms with van der Waals surface area (Å²) < 4.78 is 7.74. The van der Waals surface area contributed by atoms with Gasteiger partial charge in [0.2, 0.25) is 5.52 Å². The lowest BCUT2D eigenvalue weighted by Gasteiger charge is -2.12. The third kappa shape index (κ3) is 3.50. The zero-order chi connectivity index (χ0) is 23.8. The van der Waals surface area contributed by atoms with Crippen LogP contribution < -0.4 is 4.52 Å². The van der Waals surface area contributed by atoms with Crippen molar-refractivity contribution in [1.82, 2.24) is 5.10 Å². The molecule has 4 nitrogen and oxygen atoms in total. The van der Waals surface area contributed by atoms with Crippen LogP contribution in [0.2, 0.25) is 0 Å². The molecule has 0 aliphatic rings. The van der Waals surface area contributed by atoms with E-state index >= 15 is 0 Å². The number of carbonyl (C=O) groups is 1. The number of ether oxygens (including phenoxy) is 1. The monoisotopic (exact) mass is 457 g/mol. The molecule has 2 heterocycles. The Morgan fingerprint density at radius 3 is 2.26 bits per heavy atom. The Hall–Kier alpha value is -4.31. The SMILES string of the molecule is CCCCOC(=O)c1c2cccc(-c3ccccc3)c2n[n+]2c3ccccc3c3ccccc3c12. The number of hydrogen-bond donors (Lipinski definition) is 0. The summed E-state index contributed by atoms with van der Waals surface area (Å²) in [7, 11) is 0. The first-order valence-electron chi connectivity index (χ1n) is 12.1. The quantitative estimate of drug-likeness (QED) is 0.0929. The molecule has 0 amide bonds. The predicted octanol–water partition coefficient (Wildman–Crippen LogP) is 6.90. The smallest absolute Gasteiger partial charge is 0.345 e. The number of aromatic nitrogens is 2. The van der Waals surface area contributed by atoms with Crippen molar-refractivity contribution in [2.45, 2.75) is 19.8 Å². The van der Waals surface area contributed by atoms with Gasteiger partial charge in [-0.05, 0) is 28.6 Å². The number of hydrogen-bond acceptors (Lipinski definition) is 3. The molecule has 35 heavy (non-hydrogen) atoms. The van der Waals surface area contributed by atoms with Crippen molar-refractivity contribution in [3.63, 3.8) is 0 Å². The molecule has 0 N–H and O–H groups in total. The van der Waals surface area contributed by atoms with Crippen LogP contribution in [0.15, 0.2) is 97.1 Å². The van der Waals surface area contributed by atoms with E-state index in [2.05, 4.69) is 49.4 Å². The summed E-state index contributed by atoms with van der Waals surface area (Å²) in [5.74, 6) is -0.311. The second-order valence-electron chi connectivity index (χ2n) is 8.76. The highest BCUT2D eigenvalue weighted by molar-refractivity contribution is 6.18. The third-order valence-electron chi connectivity index (χ3n) is 6.58. The zero-order valence-electron chi connectivity index (χ0n) is 19.6. The van der Waals surface area contributed by atoms with E-state index in [1.54, 1.807) is 0 Å². The van der Waals surface area contributed by atoms with Crippen molar-refractivity contribution < 1.29 is 14.0 Å². The van der Waals surface area contributed by atoms with Crippen LogP contribution in [0.25, 0.3) is 49.2 Å². The van der Waals surface area contributed by atoms with Gasteiger partial charge in [-0.1, -0.05) is 92.2 Å². The first-order chi connectivity index (χ1) is 17.3. The van der Waals surface area contributed by atoms with Gasteiger partial charge in [-0.2, -0.15) is 0 Å². The topological polar surface area (TPSA) is 43.3 Å². The van der Waals surface area contributed by atoms with Gasteiger partial charge in [0.1, 0.15) is 11.1 Å². The Kier molecular flexibility index (Phi) is 5.34. The van der Waals surface area contributed by atoms with E-state index in [0.29, 0.717) is 12.2 Å². The van der Waals surface area contributed by atoms with Gasteiger partial charge >= 0.3 is 5.97 Å². The van der Waals surface area contributed by atoms with Crippen LogP contribution in [-0.2, 0) is 4.74 Å². The molecular formula is C31H25N2O2+. The molecule has 0 bridgehead atoms. The fourth-order valence-electron chi connectivity index (χ4n) is 4.91. The van der Waals surface area contributed by atoms with Gasteiger partial charge in [-0.3, -0.25) is 0 Å². The number of rotatable bonds is 5. The highest BCUT2D eigenvalue weighted by Gasteiger charge is 2.29. The lowest BCUT2D eigenvalue weighted by Crippen LogP contribution is -2.31. The van der Waals surface area contributed by atoms with Crippen molar-refractivity contribution >= 4 is 44.1 Å². The normalized spacial score (nSPS) is 11.5. The Morgan fingerprint density at radius 1 is 0.771 bits per heavy atom. The van der Waals surface area contributed by atoms with E-state index in [4.69, 9.17) is 9.84 Å². The predicted molar refractivity (Wildman–Crippen MR) is 141 cm³/mol. The average Bonchev–Trinajstić information content (AvgIpc) is 2.92. The van der Waals surface area contributed by atoms with Crippen LogP contribution in [0.4, 0.5) is 0 Å². The zero-order valence-corrected chi connectivity index (χ0v) is 19.6. The average molecular weight is 458 g/mol. The lowest BCUT2D eigenvalue weighted by atomic mass is 9.97. The molecule has 4 heteroatoms. The fraction of sp³-hybridized carbons (Fsp3) is 0.129. The summed E-state index contributed by atoms with van der Waals surface area (Å²) in [6.07, 6.45) is 1.80. The summed E-state index contributed by atoms with van der Waals surface area (Å²) in [5.41, 5.74) is 5.11. The van der Waals surface area contributed by atoms with E-state index in [0.717, 1.165) is 62.1 Å². The lowest BCUT2D eigenvalue weighted by molar-refractivity contribution is -0.548. The van der Waals surface area contributed by atoms with Gasteiger partial charge in [0, 0.05) is 27.5 Å².